The molecule has 29 heavy (non-hydrogen) atoms. The van der Waals surface area contributed by atoms with Crippen LogP contribution in [0.2, 0.25) is 0 Å². The summed E-state index contributed by atoms with van der Waals surface area (Å²) in [6.07, 6.45) is 2.57. The van der Waals surface area contributed by atoms with Gasteiger partial charge in [0, 0.05) is 33.3 Å². The molecule has 0 saturated heterocycles. The second-order valence-electron chi connectivity index (χ2n) is 6.62. The predicted octanol–water partition coefficient (Wildman–Crippen LogP) is 4.01. The monoisotopic (exact) mass is 514 g/mol. The van der Waals surface area contributed by atoms with Gasteiger partial charge in [0.25, 0.3) is 0 Å². The van der Waals surface area contributed by atoms with Gasteiger partial charge in [-0.25, -0.2) is 0 Å². The number of hydrogen-bond acceptors (Lipinski definition) is 4. The number of nitrogens with zero attached hydrogens (tertiary/aromatic N) is 2. The molecule has 0 amide bonds. The van der Waals surface area contributed by atoms with Crippen molar-refractivity contribution in [3.63, 3.8) is 0 Å². The highest BCUT2D eigenvalue weighted by Gasteiger charge is 2.02. The first-order valence-electron chi connectivity index (χ1n) is 10.1. The Morgan fingerprint density at radius 2 is 1.79 bits per heavy atom. The van der Waals surface area contributed by atoms with Crippen LogP contribution in [-0.4, -0.2) is 44.1 Å². The van der Waals surface area contributed by atoms with Crippen LogP contribution in [0.25, 0.3) is 0 Å². The first-order chi connectivity index (χ1) is 13.7. The van der Waals surface area contributed by atoms with E-state index >= 15 is 0 Å². The van der Waals surface area contributed by atoms with Gasteiger partial charge in [-0.15, -0.1) is 24.0 Å². The summed E-state index contributed by atoms with van der Waals surface area (Å²) in [5, 5.41) is 6.67. The van der Waals surface area contributed by atoms with Gasteiger partial charge >= 0.3 is 0 Å². The molecule has 0 fully saturated rings. The maximum Gasteiger partial charge on any atom is 0.191 e. The molecule has 0 bridgehead atoms. The van der Waals surface area contributed by atoms with Crippen LogP contribution in [0.15, 0.2) is 52.1 Å². The topological polar surface area (TPSA) is 62.0 Å². The summed E-state index contributed by atoms with van der Waals surface area (Å²) in [4.78, 5) is 6.69. The lowest BCUT2D eigenvalue weighted by Gasteiger charge is -2.18. The van der Waals surface area contributed by atoms with Gasteiger partial charge in [-0.2, -0.15) is 0 Å². The molecule has 2 aromatic rings. The third-order valence-electron chi connectivity index (χ3n) is 4.59. The van der Waals surface area contributed by atoms with E-state index in [1.165, 1.54) is 11.1 Å². The number of guanidine groups is 1. The number of aliphatic imine (C=N–C) groups is 1. The Hall–Kier alpha value is -1.58. The highest BCUT2D eigenvalue weighted by molar-refractivity contribution is 14.0. The van der Waals surface area contributed by atoms with Crippen LogP contribution in [0.4, 0.5) is 0 Å². The lowest BCUT2D eigenvalue weighted by molar-refractivity contribution is 0.105. The molecule has 0 aliphatic rings. The Bertz CT molecular complexity index is 671. The van der Waals surface area contributed by atoms with E-state index in [9.17, 15) is 0 Å². The van der Waals surface area contributed by atoms with Crippen molar-refractivity contribution in [3.05, 3.63) is 59.5 Å². The summed E-state index contributed by atoms with van der Waals surface area (Å²) in [7, 11) is 1.79. The summed E-state index contributed by atoms with van der Waals surface area (Å²) >= 11 is 0. The number of benzene rings is 1. The Kier molecular flexibility index (Phi) is 13.4. The average Bonchev–Trinajstić information content (AvgIpc) is 3.25. The highest BCUT2D eigenvalue weighted by atomic mass is 127. The van der Waals surface area contributed by atoms with Gasteiger partial charge in [-0.1, -0.05) is 38.1 Å². The van der Waals surface area contributed by atoms with Crippen molar-refractivity contribution >= 4 is 29.9 Å². The largest absolute Gasteiger partial charge is 0.467 e. The third kappa shape index (κ3) is 10.1. The number of rotatable bonds is 12. The van der Waals surface area contributed by atoms with Crippen molar-refractivity contribution in [2.24, 2.45) is 4.99 Å². The Labute approximate surface area is 192 Å². The molecule has 7 heteroatoms. The van der Waals surface area contributed by atoms with Crippen LogP contribution >= 0.6 is 24.0 Å². The van der Waals surface area contributed by atoms with Gasteiger partial charge in [0.1, 0.15) is 12.4 Å². The van der Waals surface area contributed by atoms with Crippen molar-refractivity contribution in [1.29, 1.82) is 0 Å². The van der Waals surface area contributed by atoms with Crippen molar-refractivity contribution in [2.75, 3.05) is 33.3 Å². The molecule has 0 radical (unpaired) electrons. The minimum Gasteiger partial charge on any atom is -0.467 e. The molecule has 0 aliphatic heterocycles. The van der Waals surface area contributed by atoms with Gasteiger partial charge in [-0.05, 0) is 42.8 Å². The van der Waals surface area contributed by atoms with Crippen molar-refractivity contribution < 1.29 is 9.15 Å². The van der Waals surface area contributed by atoms with Crippen molar-refractivity contribution in [3.8, 4) is 0 Å². The van der Waals surface area contributed by atoms with Crippen molar-refractivity contribution in [2.45, 2.75) is 40.0 Å². The van der Waals surface area contributed by atoms with Crippen LogP contribution in [0.1, 0.15) is 37.2 Å². The van der Waals surface area contributed by atoms with Gasteiger partial charge < -0.3 is 19.8 Å². The molecule has 1 aromatic carbocycles. The van der Waals surface area contributed by atoms with E-state index in [4.69, 9.17) is 9.15 Å². The SMILES string of the molecule is CCN(CC)Cc1ccc(CNC(=NC)NCCCOCc2ccco2)cc1.I. The second kappa shape index (κ2) is 15.3. The summed E-state index contributed by atoms with van der Waals surface area (Å²) in [6, 6.07) is 12.6. The fourth-order valence-corrected chi connectivity index (χ4v) is 2.82. The molecule has 0 spiro atoms. The van der Waals surface area contributed by atoms with Gasteiger partial charge in [-0.3, -0.25) is 9.89 Å². The molecule has 0 unspecified atom stereocenters. The Morgan fingerprint density at radius 1 is 1.07 bits per heavy atom. The molecule has 162 valence electrons. The fraction of sp³-hybridized carbons (Fsp3) is 0.500. The standard InChI is InChI=1S/C22H34N4O2.HI/c1-4-26(5-2)17-20-11-9-19(10-12-20)16-25-22(23-3)24-13-7-14-27-18-21-8-6-15-28-21;/h6,8-12,15H,4-5,7,13-14,16-18H2,1-3H3,(H2,23,24,25);1H. The lowest BCUT2D eigenvalue weighted by Crippen LogP contribution is -2.37. The van der Waals surface area contributed by atoms with Gasteiger partial charge in [0.15, 0.2) is 5.96 Å². The number of hydrogen-bond donors (Lipinski definition) is 2. The Balaban J connectivity index is 0.00000420. The van der Waals surface area contributed by atoms with E-state index in [1.807, 2.05) is 12.1 Å². The normalized spacial score (nSPS) is 11.4. The fourth-order valence-electron chi connectivity index (χ4n) is 2.82. The van der Waals surface area contributed by atoms with Gasteiger partial charge in [0.05, 0.1) is 6.26 Å². The van der Waals surface area contributed by atoms with Crippen LogP contribution in [-0.2, 0) is 24.4 Å². The zero-order valence-corrected chi connectivity index (χ0v) is 20.1. The maximum absolute atomic E-state index is 5.58. The van der Waals surface area contributed by atoms with E-state index in [1.54, 1.807) is 13.3 Å². The van der Waals surface area contributed by atoms with Crippen LogP contribution < -0.4 is 10.6 Å². The molecule has 0 saturated carbocycles. The number of halogens is 1. The first kappa shape index (κ1) is 25.5. The molecule has 6 nitrogen and oxygen atoms in total. The van der Waals surface area contributed by atoms with E-state index in [0.29, 0.717) is 13.2 Å². The smallest absolute Gasteiger partial charge is 0.191 e. The zero-order chi connectivity index (χ0) is 20.0. The molecule has 2 N–H and O–H groups in total. The summed E-state index contributed by atoms with van der Waals surface area (Å²) in [6.45, 7) is 10.3. The lowest BCUT2D eigenvalue weighted by atomic mass is 10.1. The predicted molar refractivity (Wildman–Crippen MR) is 130 cm³/mol. The molecule has 0 aliphatic carbocycles. The average molecular weight is 514 g/mol. The minimum atomic E-state index is 0. The quantitative estimate of drug-likeness (QED) is 0.194. The maximum atomic E-state index is 5.58. The van der Waals surface area contributed by atoms with Gasteiger partial charge in [0.2, 0.25) is 0 Å². The molecular weight excluding hydrogens is 479 g/mol. The van der Waals surface area contributed by atoms with E-state index < -0.39 is 0 Å². The summed E-state index contributed by atoms with van der Waals surface area (Å²) in [5.74, 6) is 1.66. The number of furan rings is 1. The number of ether oxygens (including phenoxy) is 1. The molecule has 1 heterocycles. The van der Waals surface area contributed by atoms with E-state index in [0.717, 1.165) is 50.9 Å². The molecular formula is C22H35IN4O2. The van der Waals surface area contributed by atoms with Crippen LogP contribution in [0.3, 0.4) is 0 Å². The van der Waals surface area contributed by atoms with E-state index in [2.05, 4.69) is 58.6 Å². The third-order valence-corrected chi connectivity index (χ3v) is 4.59. The Morgan fingerprint density at radius 3 is 2.41 bits per heavy atom. The van der Waals surface area contributed by atoms with Crippen LogP contribution in [0, 0.1) is 0 Å². The summed E-state index contributed by atoms with van der Waals surface area (Å²) in [5.41, 5.74) is 2.59. The second-order valence-corrected chi connectivity index (χ2v) is 6.62. The zero-order valence-electron chi connectivity index (χ0n) is 17.8. The van der Waals surface area contributed by atoms with E-state index in [-0.39, 0.29) is 24.0 Å². The first-order valence-corrected chi connectivity index (χ1v) is 10.1. The minimum absolute atomic E-state index is 0. The molecule has 0 atom stereocenters. The molecule has 1 aromatic heterocycles. The molecule has 2 rings (SSSR count). The highest BCUT2D eigenvalue weighted by Crippen LogP contribution is 2.07. The summed E-state index contributed by atoms with van der Waals surface area (Å²) < 4.78 is 10.8. The van der Waals surface area contributed by atoms with Crippen LogP contribution in [0.5, 0.6) is 0 Å². The number of nitrogens with one attached hydrogen (secondary N) is 2. The van der Waals surface area contributed by atoms with Crippen molar-refractivity contribution in [1.82, 2.24) is 15.5 Å².